The van der Waals surface area contributed by atoms with Gasteiger partial charge in [0.1, 0.15) is 73.2 Å². The Morgan fingerprint density at radius 2 is 0.714 bits per heavy atom. The Morgan fingerprint density at radius 3 is 1.14 bits per heavy atom. The van der Waals surface area contributed by atoms with Crippen LogP contribution in [0, 0.1) is 0 Å². The topological polar surface area (TPSA) is 307 Å². The molecule has 0 aromatic rings. The number of carbonyl (C=O) groups excluding carboxylic acids is 1. The first-order chi connectivity index (χ1) is 47.8. The van der Waals surface area contributed by atoms with Crippen molar-refractivity contribution in [1.82, 2.24) is 5.32 Å². The number of nitrogens with one attached hydrogen (secondary N) is 1. The van der Waals surface area contributed by atoms with Gasteiger partial charge in [-0.3, -0.25) is 4.79 Å². The first-order valence-corrected chi connectivity index (χ1v) is 38.8. The molecule has 12 N–H and O–H groups in total. The molecule has 568 valence electrons. The maximum atomic E-state index is 13.4. The van der Waals surface area contributed by atoms with Crippen molar-refractivity contribution in [2.45, 2.75) is 381 Å². The van der Waals surface area contributed by atoms with Gasteiger partial charge in [-0.15, -0.1) is 0 Å². The Morgan fingerprint density at radius 1 is 0.378 bits per heavy atom. The molecule has 19 heteroatoms. The molecule has 3 fully saturated rings. The molecule has 3 saturated heterocycles. The van der Waals surface area contributed by atoms with E-state index in [-0.39, 0.29) is 18.9 Å². The van der Waals surface area contributed by atoms with Crippen molar-refractivity contribution in [3.05, 3.63) is 85.1 Å². The molecule has 3 rings (SSSR count). The van der Waals surface area contributed by atoms with Crippen molar-refractivity contribution in [3.8, 4) is 0 Å². The van der Waals surface area contributed by atoms with Crippen LogP contribution in [0.15, 0.2) is 85.1 Å². The second-order valence-electron chi connectivity index (χ2n) is 27.4. The minimum Gasteiger partial charge on any atom is -0.394 e. The number of unbranched alkanes of at least 4 members (excludes halogenated alkanes) is 32. The highest BCUT2D eigenvalue weighted by Gasteiger charge is 2.53. The molecule has 17 unspecified atom stereocenters. The van der Waals surface area contributed by atoms with Gasteiger partial charge in [0, 0.05) is 6.42 Å². The van der Waals surface area contributed by atoms with Crippen molar-refractivity contribution in [2.75, 3.05) is 26.4 Å². The number of amides is 1. The molecule has 0 radical (unpaired) electrons. The Balaban J connectivity index is 1.30. The van der Waals surface area contributed by atoms with Crippen LogP contribution in [0.5, 0.6) is 0 Å². The number of ether oxygens (including phenoxy) is 6. The predicted molar refractivity (Wildman–Crippen MR) is 388 cm³/mol. The van der Waals surface area contributed by atoms with E-state index in [0.717, 1.165) is 70.6 Å². The number of hydrogen-bond donors (Lipinski definition) is 12. The van der Waals surface area contributed by atoms with Crippen molar-refractivity contribution in [2.24, 2.45) is 0 Å². The summed E-state index contributed by atoms with van der Waals surface area (Å²) in [6.45, 7) is 1.60. The maximum absolute atomic E-state index is 13.4. The summed E-state index contributed by atoms with van der Waals surface area (Å²) in [5.74, 6) is -0.284. The highest BCUT2D eigenvalue weighted by Crippen LogP contribution is 2.33. The van der Waals surface area contributed by atoms with E-state index in [4.69, 9.17) is 28.4 Å². The van der Waals surface area contributed by atoms with Crippen molar-refractivity contribution in [3.63, 3.8) is 0 Å². The number of hydrogen-bond acceptors (Lipinski definition) is 18. The smallest absolute Gasteiger partial charge is 0.220 e. The molecule has 0 aromatic heterocycles. The van der Waals surface area contributed by atoms with Gasteiger partial charge in [0.2, 0.25) is 5.91 Å². The number of carbonyl (C=O) groups is 1. The zero-order valence-corrected chi connectivity index (χ0v) is 60.5. The summed E-state index contributed by atoms with van der Waals surface area (Å²) in [4.78, 5) is 13.4. The Bertz CT molecular complexity index is 2100. The standard InChI is InChI=1S/C79H139NO18/c1-3-5-7-9-11-13-15-17-19-20-21-22-23-24-25-26-27-28-29-30-31-32-33-34-35-36-37-38-39-40-41-42-43-45-47-49-51-53-55-57-67(85)80-62(63(84)56-54-52-50-48-46-44-18-16-14-12-10-8-6-4-2)61-93-77-73(91)70(88)75(65(59-82)95-77)98-79-74(92)71(89)76(66(60-83)96-79)97-78-72(90)69(87)68(86)64(58-81)94-78/h5,7,11,13,17,19,21-22,24-25,46,48,54,56,62-66,68-79,81-84,86-92H,3-4,6,8-10,12,14-16,18,20,23,26-45,47,49-53,55,57-61H2,1-2H3,(H,80,85)/b7-5-,13-11-,19-17-,22-21-,25-24-,48-46+,56-54+. The Labute approximate surface area is 590 Å². The predicted octanol–water partition coefficient (Wildman–Crippen LogP) is 12.2. The van der Waals surface area contributed by atoms with Crippen LogP contribution < -0.4 is 5.32 Å². The molecule has 1 amide bonds. The summed E-state index contributed by atoms with van der Waals surface area (Å²) in [5.41, 5.74) is 0. The van der Waals surface area contributed by atoms with Gasteiger partial charge in [-0.2, -0.15) is 0 Å². The third kappa shape index (κ3) is 39.6. The van der Waals surface area contributed by atoms with Crippen LogP contribution in [-0.4, -0.2) is 193 Å². The van der Waals surface area contributed by atoms with E-state index < -0.39 is 124 Å². The minimum atomic E-state index is -1.98. The molecule has 3 aliphatic rings. The molecule has 3 heterocycles. The Kier molecular flexibility index (Phi) is 54.0. The molecular formula is C79H139NO18. The second kappa shape index (κ2) is 59.4. The molecule has 0 saturated carbocycles. The molecule has 0 spiro atoms. The van der Waals surface area contributed by atoms with Crippen LogP contribution in [-0.2, 0) is 33.2 Å². The van der Waals surface area contributed by atoms with E-state index >= 15 is 0 Å². The van der Waals surface area contributed by atoms with Gasteiger partial charge < -0.3 is 89.9 Å². The van der Waals surface area contributed by atoms with Crippen molar-refractivity contribution >= 4 is 5.91 Å². The quantitative estimate of drug-likeness (QED) is 0.0199. The zero-order chi connectivity index (χ0) is 71.1. The van der Waals surface area contributed by atoms with Crippen LogP contribution in [0.3, 0.4) is 0 Å². The van der Waals surface area contributed by atoms with Crippen molar-refractivity contribution in [1.29, 1.82) is 0 Å². The van der Waals surface area contributed by atoms with E-state index in [1.165, 1.54) is 173 Å². The first-order valence-electron chi connectivity index (χ1n) is 38.8. The molecule has 17 atom stereocenters. The molecule has 3 aliphatic heterocycles. The lowest BCUT2D eigenvalue weighted by Gasteiger charge is -2.48. The number of aliphatic hydroxyl groups excluding tert-OH is 11. The van der Waals surface area contributed by atoms with Gasteiger partial charge in [0.15, 0.2) is 18.9 Å². The van der Waals surface area contributed by atoms with Crippen LogP contribution in [0.4, 0.5) is 0 Å². The van der Waals surface area contributed by atoms with Gasteiger partial charge in [-0.1, -0.05) is 279 Å². The molecule has 19 nitrogen and oxygen atoms in total. The third-order valence-electron chi connectivity index (χ3n) is 18.9. The van der Waals surface area contributed by atoms with Gasteiger partial charge >= 0.3 is 0 Å². The largest absolute Gasteiger partial charge is 0.394 e. The molecule has 98 heavy (non-hydrogen) atoms. The van der Waals surface area contributed by atoms with E-state index in [2.05, 4.69) is 92.1 Å². The SMILES string of the molecule is CC/C=C\C/C=C\C/C=C\C/C=C\C/C=C\CCCCCCCCCCCCCCCCCCCCCCCCCC(=O)NC(COC1OC(CO)C(OC2OC(CO)C(OC3OC(CO)C(O)C(O)C3O)C(O)C2O)C(O)C1O)C(O)/C=C/CC/C=C/CCCCCCCCCC. The van der Waals surface area contributed by atoms with E-state index in [1.807, 2.05) is 6.08 Å². The average molecular weight is 1390 g/mol. The van der Waals surface area contributed by atoms with Crippen LogP contribution in [0.1, 0.15) is 277 Å². The zero-order valence-electron chi connectivity index (χ0n) is 60.5. The average Bonchev–Trinajstić information content (AvgIpc) is 0.785. The Hall–Kier alpha value is -3.03. The molecule has 0 aliphatic carbocycles. The monoisotopic (exact) mass is 1390 g/mol. The highest BCUT2D eigenvalue weighted by atomic mass is 16.8. The summed E-state index contributed by atoms with van der Waals surface area (Å²) in [5, 5.41) is 121. The van der Waals surface area contributed by atoms with Crippen LogP contribution in [0.2, 0.25) is 0 Å². The number of aliphatic hydroxyl groups is 11. The summed E-state index contributed by atoms with van der Waals surface area (Å²) in [6, 6.07) is -0.991. The minimum absolute atomic E-state index is 0.236. The maximum Gasteiger partial charge on any atom is 0.220 e. The summed E-state index contributed by atoms with van der Waals surface area (Å²) >= 11 is 0. The molecule has 0 bridgehead atoms. The normalized spacial score (nSPS) is 27.2. The molecule has 0 aromatic carbocycles. The second-order valence-corrected chi connectivity index (χ2v) is 27.4. The summed E-state index contributed by atoms with van der Waals surface area (Å²) in [7, 11) is 0. The van der Waals surface area contributed by atoms with E-state index in [9.17, 15) is 61.0 Å². The van der Waals surface area contributed by atoms with Crippen molar-refractivity contribution < 1.29 is 89.4 Å². The van der Waals surface area contributed by atoms with E-state index in [0.29, 0.717) is 12.8 Å². The van der Waals surface area contributed by atoms with Crippen LogP contribution >= 0.6 is 0 Å². The molecular weight excluding hydrogens is 1250 g/mol. The summed E-state index contributed by atoms with van der Waals surface area (Å²) in [6.07, 6.45) is 51.7. The lowest BCUT2D eigenvalue weighted by Crippen LogP contribution is -2.66. The number of rotatable bonds is 60. The fraction of sp³-hybridized carbons (Fsp3) is 0.810. The lowest BCUT2D eigenvalue weighted by molar-refractivity contribution is -0.379. The van der Waals surface area contributed by atoms with Gasteiger partial charge in [0.05, 0.1) is 38.6 Å². The van der Waals surface area contributed by atoms with Gasteiger partial charge in [0.25, 0.3) is 0 Å². The van der Waals surface area contributed by atoms with Crippen LogP contribution in [0.25, 0.3) is 0 Å². The van der Waals surface area contributed by atoms with Gasteiger partial charge in [-0.05, 0) is 77.0 Å². The third-order valence-corrected chi connectivity index (χ3v) is 18.9. The lowest BCUT2D eigenvalue weighted by atomic mass is 9.96. The number of allylic oxidation sites excluding steroid dienone is 13. The first kappa shape index (κ1) is 89.2. The fourth-order valence-corrected chi connectivity index (χ4v) is 12.7. The van der Waals surface area contributed by atoms with Gasteiger partial charge in [-0.25, -0.2) is 0 Å². The van der Waals surface area contributed by atoms with E-state index in [1.54, 1.807) is 6.08 Å². The fourth-order valence-electron chi connectivity index (χ4n) is 12.7. The highest BCUT2D eigenvalue weighted by molar-refractivity contribution is 5.76. The summed E-state index contributed by atoms with van der Waals surface area (Å²) < 4.78 is 34.3.